The van der Waals surface area contributed by atoms with Crippen LogP contribution in [0.4, 0.5) is 0 Å². The number of likely N-dealkylation sites (tertiary alicyclic amines) is 1. The molecule has 182 valence electrons. The van der Waals surface area contributed by atoms with E-state index in [9.17, 15) is 4.79 Å². The quantitative estimate of drug-likeness (QED) is 0.303. The zero-order chi connectivity index (χ0) is 24.4. The van der Waals surface area contributed by atoms with Crippen molar-refractivity contribution in [1.82, 2.24) is 10.3 Å². The monoisotopic (exact) mass is 493 g/mol. The van der Waals surface area contributed by atoms with Crippen LogP contribution in [-0.2, 0) is 11.3 Å². The summed E-state index contributed by atoms with van der Waals surface area (Å²) in [5, 5.41) is 0.661. The molecule has 2 aliphatic rings. The molecule has 1 fully saturated rings. The molecule has 8 heteroatoms. The predicted octanol–water partition coefficient (Wildman–Crippen LogP) is 4.27. The molecule has 0 aromatic heterocycles. The van der Waals surface area contributed by atoms with Gasteiger partial charge in [0.1, 0.15) is 19.0 Å². The highest BCUT2D eigenvalue weighted by atomic mass is 35.5. The van der Waals surface area contributed by atoms with Crippen LogP contribution in [0.2, 0.25) is 5.02 Å². The Hall–Kier alpha value is -3.26. The molecule has 0 radical (unpaired) electrons. The highest BCUT2D eigenvalue weighted by Crippen LogP contribution is 2.41. The number of hydrazine groups is 1. The minimum Gasteiger partial charge on any atom is -0.496 e. The van der Waals surface area contributed by atoms with Gasteiger partial charge in [0.25, 0.3) is 0 Å². The Kier molecular flexibility index (Phi) is 6.81. The maximum Gasteiger partial charge on any atom is 0.238 e. The molecule has 35 heavy (non-hydrogen) atoms. The minimum atomic E-state index is -0.109. The lowest BCUT2D eigenvalue weighted by Crippen LogP contribution is -2.37. The predicted molar refractivity (Wildman–Crippen MR) is 136 cm³/mol. The maximum atomic E-state index is 11.9. The molecule has 1 unspecified atom stereocenters. The first-order chi connectivity index (χ1) is 17.1. The summed E-state index contributed by atoms with van der Waals surface area (Å²) in [6, 6.07) is 18.0. The van der Waals surface area contributed by atoms with E-state index in [1.165, 1.54) is 0 Å². The molecule has 5 rings (SSSR count). The van der Waals surface area contributed by atoms with Gasteiger partial charge in [-0.3, -0.25) is 15.1 Å². The Morgan fingerprint density at radius 1 is 1.09 bits per heavy atom. The summed E-state index contributed by atoms with van der Waals surface area (Å²) >= 11 is 6.92. The van der Waals surface area contributed by atoms with Crippen molar-refractivity contribution < 1.29 is 19.0 Å². The topological polar surface area (TPSA) is 86.0 Å². The van der Waals surface area contributed by atoms with Gasteiger partial charge < -0.3 is 14.2 Å². The van der Waals surface area contributed by atoms with Crippen molar-refractivity contribution in [3.8, 4) is 39.5 Å². The molecule has 2 heterocycles. The number of hydrogen-bond acceptors (Lipinski definition) is 6. The molecule has 7 nitrogen and oxygen atoms in total. The van der Waals surface area contributed by atoms with Crippen LogP contribution < -0.4 is 25.5 Å². The van der Waals surface area contributed by atoms with E-state index in [0.717, 1.165) is 58.0 Å². The molecule has 0 aliphatic carbocycles. The minimum absolute atomic E-state index is 0.0765. The number of carbonyl (C=O) groups is 1. The number of carbonyl (C=O) groups excluding carboxylic acids is 1. The lowest BCUT2D eigenvalue weighted by Gasteiger charge is -2.20. The van der Waals surface area contributed by atoms with Gasteiger partial charge in [0.15, 0.2) is 11.5 Å². The summed E-state index contributed by atoms with van der Waals surface area (Å²) in [6.45, 7) is 3.31. The maximum absolute atomic E-state index is 11.9. The van der Waals surface area contributed by atoms with Gasteiger partial charge in [-0.15, -0.1) is 0 Å². The van der Waals surface area contributed by atoms with Crippen molar-refractivity contribution in [2.75, 3.05) is 33.4 Å². The molecular weight excluding hydrogens is 466 g/mol. The second-order valence-corrected chi connectivity index (χ2v) is 9.16. The zero-order valence-electron chi connectivity index (χ0n) is 19.6. The van der Waals surface area contributed by atoms with Crippen LogP contribution in [0.15, 0.2) is 54.6 Å². The van der Waals surface area contributed by atoms with E-state index in [-0.39, 0.29) is 11.8 Å². The van der Waals surface area contributed by atoms with Gasteiger partial charge in [-0.1, -0.05) is 48.0 Å². The number of amides is 1. The number of nitrogens with one attached hydrogen (secondary N) is 1. The summed E-state index contributed by atoms with van der Waals surface area (Å²) in [4.78, 5) is 14.1. The zero-order valence-corrected chi connectivity index (χ0v) is 20.3. The molecule has 2 aliphatic heterocycles. The van der Waals surface area contributed by atoms with E-state index in [1.807, 2.05) is 42.5 Å². The summed E-state index contributed by atoms with van der Waals surface area (Å²) < 4.78 is 17.1. The largest absolute Gasteiger partial charge is 0.496 e. The van der Waals surface area contributed by atoms with Gasteiger partial charge in [0.05, 0.1) is 18.1 Å². The standard InChI is InChI=1S/C27H28ClN3O4/c1-33-24-13-17(5-6-19(24)15-31-10-9-20(16-31)27(32)30-29)21-3-2-4-22(26(21)28)18-7-8-23-25(14-18)35-12-11-34-23/h2-8,13-14,20H,9-12,15-16,29H2,1H3,(H,30,32). The molecule has 1 amide bonds. The van der Waals surface area contributed by atoms with Crippen molar-refractivity contribution in [3.63, 3.8) is 0 Å². The lowest BCUT2D eigenvalue weighted by atomic mass is 9.97. The first kappa shape index (κ1) is 23.5. The number of methoxy groups -OCH3 is 1. The molecule has 1 atom stereocenters. The Morgan fingerprint density at radius 3 is 2.54 bits per heavy atom. The van der Waals surface area contributed by atoms with Gasteiger partial charge in [-0.25, -0.2) is 5.84 Å². The van der Waals surface area contributed by atoms with Crippen LogP contribution in [0, 0.1) is 5.92 Å². The number of fused-ring (bicyclic) bond motifs is 1. The fraction of sp³-hybridized carbons (Fsp3) is 0.296. The van der Waals surface area contributed by atoms with Crippen molar-refractivity contribution in [1.29, 1.82) is 0 Å². The van der Waals surface area contributed by atoms with Crippen LogP contribution in [-0.4, -0.2) is 44.2 Å². The van der Waals surface area contributed by atoms with Crippen LogP contribution in [0.3, 0.4) is 0 Å². The second kappa shape index (κ2) is 10.2. The number of nitrogens with two attached hydrogens (primary N) is 1. The van der Waals surface area contributed by atoms with Gasteiger partial charge in [-0.2, -0.15) is 0 Å². The molecule has 0 bridgehead atoms. The summed E-state index contributed by atoms with van der Waals surface area (Å²) in [5.74, 6) is 7.38. The van der Waals surface area contributed by atoms with Crippen molar-refractivity contribution in [3.05, 3.63) is 65.2 Å². The second-order valence-electron chi connectivity index (χ2n) is 8.78. The van der Waals surface area contributed by atoms with Crippen LogP contribution in [0.5, 0.6) is 17.2 Å². The molecule has 3 aromatic carbocycles. The van der Waals surface area contributed by atoms with E-state index in [1.54, 1.807) is 7.11 Å². The average Bonchev–Trinajstić information content (AvgIpc) is 3.37. The van der Waals surface area contributed by atoms with Crippen molar-refractivity contribution >= 4 is 17.5 Å². The van der Waals surface area contributed by atoms with Crippen molar-refractivity contribution in [2.24, 2.45) is 11.8 Å². The van der Waals surface area contributed by atoms with E-state index < -0.39 is 0 Å². The van der Waals surface area contributed by atoms with E-state index in [4.69, 9.17) is 31.7 Å². The summed E-state index contributed by atoms with van der Waals surface area (Å²) in [5.41, 5.74) is 7.10. The Bertz CT molecular complexity index is 1250. The fourth-order valence-electron chi connectivity index (χ4n) is 4.78. The first-order valence-corrected chi connectivity index (χ1v) is 12.0. The number of benzene rings is 3. The fourth-order valence-corrected chi connectivity index (χ4v) is 5.12. The van der Waals surface area contributed by atoms with E-state index in [0.29, 0.717) is 31.3 Å². The highest BCUT2D eigenvalue weighted by Gasteiger charge is 2.28. The van der Waals surface area contributed by atoms with Crippen LogP contribution in [0.25, 0.3) is 22.3 Å². The van der Waals surface area contributed by atoms with Gasteiger partial charge in [-0.05, 0) is 42.3 Å². The first-order valence-electron chi connectivity index (χ1n) is 11.7. The average molecular weight is 494 g/mol. The smallest absolute Gasteiger partial charge is 0.238 e. The number of nitrogens with zero attached hydrogens (tertiary/aromatic N) is 1. The van der Waals surface area contributed by atoms with Gasteiger partial charge in [0, 0.05) is 29.8 Å². The highest BCUT2D eigenvalue weighted by molar-refractivity contribution is 6.36. The van der Waals surface area contributed by atoms with Crippen molar-refractivity contribution in [2.45, 2.75) is 13.0 Å². The Labute approximate surface area is 209 Å². The van der Waals surface area contributed by atoms with Crippen LogP contribution >= 0.6 is 11.6 Å². The Balaban J connectivity index is 1.40. The number of ether oxygens (including phenoxy) is 3. The lowest BCUT2D eigenvalue weighted by molar-refractivity contribution is -0.124. The molecule has 3 aromatic rings. The van der Waals surface area contributed by atoms with Gasteiger partial charge in [0.2, 0.25) is 5.91 Å². The molecular formula is C27H28ClN3O4. The van der Waals surface area contributed by atoms with Crippen LogP contribution in [0.1, 0.15) is 12.0 Å². The molecule has 3 N–H and O–H groups in total. The summed E-state index contributed by atoms with van der Waals surface area (Å²) in [7, 11) is 1.67. The number of halogens is 1. The molecule has 1 saturated heterocycles. The third-order valence-corrected chi connectivity index (χ3v) is 7.04. The van der Waals surface area contributed by atoms with Gasteiger partial charge >= 0.3 is 0 Å². The third-order valence-electron chi connectivity index (χ3n) is 6.63. The third kappa shape index (κ3) is 4.80. The summed E-state index contributed by atoms with van der Waals surface area (Å²) in [6.07, 6.45) is 0.797. The van der Waals surface area contributed by atoms with E-state index in [2.05, 4.69) is 22.5 Å². The molecule has 0 spiro atoms. The normalized spacial score (nSPS) is 17.3. The number of hydrogen-bond donors (Lipinski definition) is 2. The SMILES string of the molecule is COc1cc(-c2cccc(-c3ccc4c(c3)OCCO4)c2Cl)ccc1CN1CCC(C(=O)NN)C1. The molecule has 0 saturated carbocycles. The Morgan fingerprint density at radius 2 is 1.80 bits per heavy atom. The number of rotatable bonds is 6. The van der Waals surface area contributed by atoms with E-state index >= 15 is 0 Å².